The van der Waals surface area contributed by atoms with Crippen LogP contribution in [0.1, 0.15) is 24.1 Å². The molecule has 4 aromatic rings. The largest absolute Gasteiger partial charge is 0.369 e. The first-order valence-corrected chi connectivity index (χ1v) is 9.14. The van der Waals surface area contributed by atoms with E-state index in [0.29, 0.717) is 0 Å². The topological polar surface area (TPSA) is 76.5 Å². The van der Waals surface area contributed by atoms with Crippen molar-refractivity contribution < 1.29 is 0 Å². The number of rotatable bonds is 5. The van der Waals surface area contributed by atoms with Crippen LogP contribution in [-0.2, 0) is 0 Å². The monoisotopic (exact) mass is 362 g/mol. The lowest BCUT2D eigenvalue weighted by Crippen LogP contribution is -2.11. The lowest BCUT2D eigenvalue weighted by molar-refractivity contribution is 0.806. The maximum Gasteiger partial charge on any atom is 0.129 e. The molecule has 6 nitrogen and oxygen atoms in total. The Morgan fingerprint density at radius 2 is 2.00 bits per heavy atom. The minimum Gasteiger partial charge on any atom is -0.369 e. The van der Waals surface area contributed by atoms with Gasteiger partial charge in [-0.15, -0.1) is 0 Å². The van der Waals surface area contributed by atoms with Gasteiger partial charge in [-0.2, -0.15) is 8.75 Å². The van der Waals surface area contributed by atoms with Crippen LogP contribution in [0.2, 0.25) is 0 Å². The van der Waals surface area contributed by atoms with Crippen LogP contribution in [-0.4, -0.2) is 30.2 Å². The normalized spacial score (nSPS) is 12.2. The van der Waals surface area contributed by atoms with Gasteiger partial charge in [0.2, 0.25) is 0 Å². The molecule has 0 aliphatic carbocycles. The Bertz CT molecular complexity index is 1030. The molecule has 4 rings (SSSR count). The zero-order valence-corrected chi connectivity index (χ0v) is 15.4. The van der Waals surface area contributed by atoms with Crippen molar-refractivity contribution in [2.45, 2.75) is 19.8 Å². The van der Waals surface area contributed by atoms with E-state index in [2.05, 4.69) is 42.0 Å². The summed E-state index contributed by atoms with van der Waals surface area (Å²) in [5.41, 5.74) is 5.96. The van der Waals surface area contributed by atoms with E-state index in [1.807, 2.05) is 43.5 Å². The lowest BCUT2D eigenvalue weighted by atomic mass is 9.99. The second-order valence-corrected chi connectivity index (χ2v) is 6.77. The molecule has 1 N–H and O–H groups in total. The molecule has 1 atom stereocenters. The Labute approximate surface area is 155 Å². The van der Waals surface area contributed by atoms with E-state index in [1.54, 1.807) is 6.33 Å². The van der Waals surface area contributed by atoms with Gasteiger partial charge in [0.05, 0.1) is 17.4 Å². The highest BCUT2D eigenvalue weighted by Gasteiger charge is 2.12. The van der Waals surface area contributed by atoms with Crippen molar-refractivity contribution in [1.29, 1.82) is 0 Å². The molecular weight excluding hydrogens is 344 g/mol. The SMILES string of the molecule is Cc1ccc(-c2cc(NCC(C)c3cccc4nsnc34)ncn2)cn1. The maximum atomic E-state index is 4.43. The summed E-state index contributed by atoms with van der Waals surface area (Å²) >= 11 is 1.25. The number of pyridine rings is 1. The summed E-state index contributed by atoms with van der Waals surface area (Å²) < 4.78 is 8.74. The van der Waals surface area contributed by atoms with E-state index in [-0.39, 0.29) is 5.92 Å². The van der Waals surface area contributed by atoms with E-state index in [9.17, 15) is 0 Å². The van der Waals surface area contributed by atoms with Crippen LogP contribution in [0, 0.1) is 6.92 Å². The first-order valence-electron chi connectivity index (χ1n) is 8.41. The molecule has 3 aromatic heterocycles. The minimum absolute atomic E-state index is 0.280. The number of benzene rings is 1. The third-order valence-electron chi connectivity index (χ3n) is 4.31. The highest BCUT2D eigenvalue weighted by atomic mass is 32.1. The van der Waals surface area contributed by atoms with Crippen LogP contribution in [0.15, 0.2) is 48.9 Å². The van der Waals surface area contributed by atoms with Gasteiger partial charge >= 0.3 is 0 Å². The van der Waals surface area contributed by atoms with Crippen LogP contribution >= 0.6 is 11.7 Å². The van der Waals surface area contributed by atoms with Crippen molar-refractivity contribution in [3.63, 3.8) is 0 Å². The van der Waals surface area contributed by atoms with E-state index in [0.717, 1.165) is 40.3 Å². The Morgan fingerprint density at radius 1 is 1.08 bits per heavy atom. The zero-order valence-electron chi connectivity index (χ0n) is 14.5. The second kappa shape index (κ2) is 7.13. The fourth-order valence-electron chi connectivity index (χ4n) is 2.82. The molecule has 0 aliphatic heterocycles. The minimum atomic E-state index is 0.280. The van der Waals surface area contributed by atoms with Crippen LogP contribution in [0.4, 0.5) is 5.82 Å². The van der Waals surface area contributed by atoms with E-state index in [1.165, 1.54) is 17.3 Å². The number of fused-ring (bicyclic) bond motifs is 1. The van der Waals surface area contributed by atoms with Gasteiger partial charge in [-0.1, -0.05) is 19.1 Å². The summed E-state index contributed by atoms with van der Waals surface area (Å²) in [6, 6.07) is 12.1. The molecule has 0 spiro atoms. The predicted octanol–water partition coefficient (Wildman–Crippen LogP) is 4.07. The lowest BCUT2D eigenvalue weighted by Gasteiger charge is -2.14. The van der Waals surface area contributed by atoms with Gasteiger partial charge < -0.3 is 5.32 Å². The van der Waals surface area contributed by atoms with Gasteiger partial charge in [-0.3, -0.25) is 4.98 Å². The van der Waals surface area contributed by atoms with Crippen molar-refractivity contribution in [1.82, 2.24) is 23.7 Å². The Kier molecular flexibility index (Phi) is 4.53. The van der Waals surface area contributed by atoms with Gasteiger partial charge in [-0.25, -0.2) is 9.97 Å². The number of aromatic nitrogens is 5. The molecule has 1 aromatic carbocycles. The number of anilines is 1. The van der Waals surface area contributed by atoms with Gasteiger partial charge in [0, 0.05) is 36.0 Å². The zero-order chi connectivity index (χ0) is 17.9. The maximum absolute atomic E-state index is 4.43. The quantitative estimate of drug-likeness (QED) is 0.577. The number of hydrogen-bond acceptors (Lipinski definition) is 7. The molecule has 0 saturated heterocycles. The van der Waals surface area contributed by atoms with Crippen molar-refractivity contribution >= 4 is 28.6 Å². The molecule has 7 heteroatoms. The molecule has 0 aliphatic rings. The van der Waals surface area contributed by atoms with Crippen molar-refractivity contribution in [3.05, 3.63) is 60.2 Å². The van der Waals surface area contributed by atoms with Crippen LogP contribution < -0.4 is 5.32 Å². The van der Waals surface area contributed by atoms with E-state index < -0.39 is 0 Å². The molecular formula is C19H18N6S. The molecule has 1 unspecified atom stereocenters. The molecule has 0 fully saturated rings. The highest BCUT2D eigenvalue weighted by molar-refractivity contribution is 7.00. The fraction of sp³-hybridized carbons (Fsp3) is 0.211. The number of nitrogens with one attached hydrogen (secondary N) is 1. The highest BCUT2D eigenvalue weighted by Crippen LogP contribution is 2.25. The summed E-state index contributed by atoms with van der Waals surface area (Å²) in [6.07, 6.45) is 3.41. The number of aryl methyl sites for hydroxylation is 1. The third kappa shape index (κ3) is 3.39. The summed E-state index contributed by atoms with van der Waals surface area (Å²) in [7, 11) is 0. The molecule has 130 valence electrons. The van der Waals surface area contributed by atoms with Crippen LogP contribution in [0.5, 0.6) is 0 Å². The average molecular weight is 362 g/mol. The Balaban J connectivity index is 1.50. The number of nitrogens with zero attached hydrogens (tertiary/aromatic N) is 5. The Morgan fingerprint density at radius 3 is 2.85 bits per heavy atom. The van der Waals surface area contributed by atoms with Crippen molar-refractivity contribution in [2.24, 2.45) is 0 Å². The molecule has 26 heavy (non-hydrogen) atoms. The van der Waals surface area contributed by atoms with E-state index >= 15 is 0 Å². The standard InChI is InChI=1S/C19H18N6S/c1-12(15-4-3-5-16-19(15)25-26-24-16)9-21-18-8-17(22-11-23-18)14-7-6-13(2)20-10-14/h3-8,10-12H,9H2,1-2H3,(H,21,22,23). The molecule has 3 heterocycles. The molecule has 0 amide bonds. The first kappa shape index (κ1) is 16.5. The van der Waals surface area contributed by atoms with Gasteiger partial charge in [0.15, 0.2) is 0 Å². The van der Waals surface area contributed by atoms with E-state index in [4.69, 9.17) is 0 Å². The average Bonchev–Trinajstić information content (AvgIpc) is 3.16. The summed E-state index contributed by atoms with van der Waals surface area (Å²) in [4.78, 5) is 13.0. The van der Waals surface area contributed by atoms with Gasteiger partial charge in [0.25, 0.3) is 0 Å². The summed E-state index contributed by atoms with van der Waals surface area (Å²) in [5.74, 6) is 1.08. The van der Waals surface area contributed by atoms with Gasteiger partial charge in [-0.05, 0) is 30.7 Å². The summed E-state index contributed by atoms with van der Waals surface area (Å²) in [5, 5.41) is 3.41. The first-order chi connectivity index (χ1) is 12.7. The van der Waals surface area contributed by atoms with Crippen molar-refractivity contribution in [3.8, 4) is 11.3 Å². The number of hydrogen-bond donors (Lipinski definition) is 1. The fourth-order valence-corrected chi connectivity index (χ4v) is 3.38. The summed E-state index contributed by atoms with van der Waals surface area (Å²) in [6.45, 7) is 4.89. The third-order valence-corrected chi connectivity index (χ3v) is 4.85. The second-order valence-electron chi connectivity index (χ2n) is 6.24. The smallest absolute Gasteiger partial charge is 0.129 e. The molecule has 0 bridgehead atoms. The Hall–Kier alpha value is -2.93. The molecule has 0 radical (unpaired) electrons. The predicted molar refractivity (Wildman–Crippen MR) is 104 cm³/mol. The van der Waals surface area contributed by atoms with Crippen molar-refractivity contribution in [2.75, 3.05) is 11.9 Å². The van der Waals surface area contributed by atoms with Gasteiger partial charge in [0.1, 0.15) is 23.2 Å². The van der Waals surface area contributed by atoms with Crippen LogP contribution in [0.25, 0.3) is 22.3 Å². The van der Waals surface area contributed by atoms with Crippen LogP contribution in [0.3, 0.4) is 0 Å². The molecule has 0 saturated carbocycles.